The predicted molar refractivity (Wildman–Crippen MR) is 127 cm³/mol. The molecule has 5 rings (SSSR count). The summed E-state index contributed by atoms with van der Waals surface area (Å²) in [6.07, 6.45) is 5.18. The van der Waals surface area contributed by atoms with Gasteiger partial charge in [-0.05, 0) is 59.5 Å². The topological polar surface area (TPSA) is 50.1 Å². The minimum atomic E-state index is -0.0789. The minimum absolute atomic E-state index is 0.0789. The van der Waals surface area contributed by atoms with Crippen LogP contribution in [0.1, 0.15) is 48.7 Å². The van der Waals surface area contributed by atoms with Gasteiger partial charge in [0.05, 0.1) is 22.6 Å². The molecule has 1 atom stereocenters. The van der Waals surface area contributed by atoms with E-state index in [2.05, 4.69) is 43.5 Å². The number of benzene rings is 2. The van der Waals surface area contributed by atoms with Crippen molar-refractivity contribution in [2.24, 2.45) is 0 Å². The molecule has 0 N–H and O–H groups in total. The fraction of sp³-hybridized carbons (Fsp3) is 0.458. The van der Waals surface area contributed by atoms with E-state index in [0.29, 0.717) is 16.6 Å². The summed E-state index contributed by atoms with van der Waals surface area (Å²) in [4.78, 5) is 5.17. The quantitative estimate of drug-likeness (QED) is 0.523. The lowest BCUT2D eigenvalue weighted by Gasteiger charge is -2.37. The number of hydrogen-bond donors (Lipinski definition) is 0. The molecule has 8 heteroatoms. The van der Waals surface area contributed by atoms with Crippen LogP contribution in [0.2, 0.25) is 10.0 Å². The molecule has 0 radical (unpaired) electrons. The molecular weight excluding hydrogens is 443 g/mol. The first kappa shape index (κ1) is 21.8. The molecule has 0 spiro atoms. The molecule has 0 amide bonds. The molecule has 2 aliphatic rings. The maximum Gasteiger partial charge on any atom is 0.173 e. The van der Waals surface area contributed by atoms with Crippen molar-refractivity contribution in [2.45, 2.75) is 44.3 Å². The Balaban J connectivity index is 1.47. The number of nitrogens with zero attached hydrogens (tertiary/aromatic N) is 6. The van der Waals surface area contributed by atoms with E-state index >= 15 is 0 Å². The SMILES string of the molecule is Clc1ccc(C(c2nnnn2Cc2ccccc2)N2CCCN(C3CCC3)CC2)cc1Cl. The molecular formula is C24H28Cl2N6. The van der Waals surface area contributed by atoms with E-state index in [1.807, 2.05) is 35.0 Å². The summed E-state index contributed by atoms with van der Waals surface area (Å²) in [6, 6.07) is 16.9. The van der Waals surface area contributed by atoms with Crippen LogP contribution in [0.4, 0.5) is 0 Å². The van der Waals surface area contributed by atoms with Crippen LogP contribution in [0.3, 0.4) is 0 Å². The molecule has 1 aromatic heterocycles. The van der Waals surface area contributed by atoms with Crippen LogP contribution in [0, 0.1) is 0 Å². The minimum Gasteiger partial charge on any atom is -0.299 e. The second-order valence-electron chi connectivity index (χ2n) is 8.77. The van der Waals surface area contributed by atoms with Crippen molar-refractivity contribution in [1.29, 1.82) is 0 Å². The monoisotopic (exact) mass is 470 g/mol. The standard InChI is InChI=1S/C24H28Cl2N6/c25-21-11-10-19(16-22(21)26)23(31-13-5-12-30(14-15-31)20-8-4-9-20)24-27-28-29-32(24)17-18-6-2-1-3-7-18/h1-3,6-7,10-11,16,20,23H,4-5,8-9,12-15,17H2. The largest absolute Gasteiger partial charge is 0.299 e. The van der Waals surface area contributed by atoms with Gasteiger partial charge in [-0.1, -0.05) is 66.0 Å². The molecule has 1 aliphatic heterocycles. The maximum absolute atomic E-state index is 6.43. The zero-order valence-corrected chi connectivity index (χ0v) is 19.6. The third-order valence-electron chi connectivity index (χ3n) is 6.76. The van der Waals surface area contributed by atoms with E-state index in [1.165, 1.54) is 24.8 Å². The number of aromatic nitrogens is 4. The van der Waals surface area contributed by atoms with Gasteiger partial charge in [-0.3, -0.25) is 9.80 Å². The van der Waals surface area contributed by atoms with Crippen LogP contribution in [-0.4, -0.2) is 62.2 Å². The van der Waals surface area contributed by atoms with Crippen molar-refractivity contribution in [3.05, 3.63) is 75.5 Å². The number of rotatable bonds is 6. The number of tetrazole rings is 1. The van der Waals surface area contributed by atoms with Crippen molar-refractivity contribution < 1.29 is 0 Å². The zero-order chi connectivity index (χ0) is 21.9. The first-order chi connectivity index (χ1) is 15.7. The third-order valence-corrected chi connectivity index (χ3v) is 7.50. The van der Waals surface area contributed by atoms with Crippen LogP contribution >= 0.6 is 23.2 Å². The molecule has 2 heterocycles. The lowest BCUT2D eigenvalue weighted by molar-refractivity contribution is 0.127. The van der Waals surface area contributed by atoms with Gasteiger partial charge in [0, 0.05) is 25.7 Å². The second-order valence-corrected chi connectivity index (χ2v) is 9.58. The van der Waals surface area contributed by atoms with E-state index in [9.17, 15) is 0 Å². The Kier molecular flexibility index (Phi) is 6.74. The highest BCUT2D eigenvalue weighted by atomic mass is 35.5. The van der Waals surface area contributed by atoms with Crippen LogP contribution in [0.5, 0.6) is 0 Å². The molecule has 3 aromatic rings. The summed E-state index contributed by atoms with van der Waals surface area (Å²) in [7, 11) is 0. The van der Waals surface area contributed by atoms with Gasteiger partial charge in [-0.2, -0.15) is 0 Å². The fourth-order valence-corrected chi connectivity index (χ4v) is 5.12. The summed E-state index contributed by atoms with van der Waals surface area (Å²) >= 11 is 12.7. The van der Waals surface area contributed by atoms with E-state index in [4.69, 9.17) is 23.2 Å². The molecule has 1 unspecified atom stereocenters. The van der Waals surface area contributed by atoms with E-state index in [1.54, 1.807) is 0 Å². The van der Waals surface area contributed by atoms with Crippen molar-refractivity contribution in [3.8, 4) is 0 Å². The number of halogens is 2. The third kappa shape index (κ3) is 4.69. The summed E-state index contributed by atoms with van der Waals surface area (Å²) in [5.41, 5.74) is 2.24. The summed E-state index contributed by atoms with van der Waals surface area (Å²) in [6.45, 7) is 4.82. The molecule has 1 saturated heterocycles. The summed E-state index contributed by atoms with van der Waals surface area (Å²) in [5.74, 6) is 0.837. The first-order valence-corrected chi connectivity index (χ1v) is 12.2. The lowest BCUT2D eigenvalue weighted by atomic mass is 9.91. The maximum atomic E-state index is 6.43. The second kappa shape index (κ2) is 9.87. The zero-order valence-electron chi connectivity index (χ0n) is 18.1. The van der Waals surface area contributed by atoms with Gasteiger partial charge in [-0.25, -0.2) is 4.68 Å². The van der Waals surface area contributed by atoms with Crippen molar-refractivity contribution in [2.75, 3.05) is 26.2 Å². The Morgan fingerprint density at radius 2 is 1.75 bits per heavy atom. The van der Waals surface area contributed by atoms with Gasteiger partial charge in [0.15, 0.2) is 5.82 Å². The molecule has 2 fully saturated rings. The highest BCUT2D eigenvalue weighted by molar-refractivity contribution is 6.42. The lowest BCUT2D eigenvalue weighted by Crippen LogP contribution is -2.42. The van der Waals surface area contributed by atoms with Crippen LogP contribution in [0.25, 0.3) is 0 Å². The molecule has 6 nitrogen and oxygen atoms in total. The van der Waals surface area contributed by atoms with Gasteiger partial charge in [-0.15, -0.1) is 5.10 Å². The summed E-state index contributed by atoms with van der Waals surface area (Å²) in [5, 5.41) is 14.0. The first-order valence-electron chi connectivity index (χ1n) is 11.4. The Morgan fingerprint density at radius 1 is 0.906 bits per heavy atom. The Hall–Kier alpha value is -1.99. The molecule has 1 aliphatic carbocycles. The van der Waals surface area contributed by atoms with Crippen LogP contribution in [-0.2, 0) is 6.54 Å². The van der Waals surface area contributed by atoms with Crippen LogP contribution in [0.15, 0.2) is 48.5 Å². The van der Waals surface area contributed by atoms with Gasteiger partial charge in [0.2, 0.25) is 0 Å². The van der Waals surface area contributed by atoms with Crippen molar-refractivity contribution in [3.63, 3.8) is 0 Å². The molecule has 0 bridgehead atoms. The van der Waals surface area contributed by atoms with Gasteiger partial charge >= 0.3 is 0 Å². The summed E-state index contributed by atoms with van der Waals surface area (Å²) < 4.78 is 1.91. The molecule has 2 aromatic carbocycles. The number of hydrogen-bond acceptors (Lipinski definition) is 5. The van der Waals surface area contributed by atoms with Gasteiger partial charge < -0.3 is 0 Å². The van der Waals surface area contributed by atoms with Crippen LogP contribution < -0.4 is 0 Å². The highest BCUT2D eigenvalue weighted by Gasteiger charge is 2.32. The molecule has 168 valence electrons. The van der Waals surface area contributed by atoms with E-state index in [0.717, 1.165) is 50.0 Å². The van der Waals surface area contributed by atoms with Crippen molar-refractivity contribution in [1.82, 2.24) is 30.0 Å². The predicted octanol–water partition coefficient (Wildman–Crippen LogP) is 4.68. The fourth-order valence-electron chi connectivity index (χ4n) is 4.81. The van der Waals surface area contributed by atoms with Gasteiger partial charge in [0.1, 0.15) is 0 Å². The van der Waals surface area contributed by atoms with Crippen molar-refractivity contribution >= 4 is 23.2 Å². The highest BCUT2D eigenvalue weighted by Crippen LogP contribution is 2.33. The molecule has 1 saturated carbocycles. The van der Waals surface area contributed by atoms with Gasteiger partial charge in [0.25, 0.3) is 0 Å². The smallest absolute Gasteiger partial charge is 0.173 e. The Bertz CT molecular complexity index is 1040. The normalized spacial score (nSPS) is 19.4. The Morgan fingerprint density at radius 3 is 2.50 bits per heavy atom. The molecule has 32 heavy (non-hydrogen) atoms. The van der Waals surface area contributed by atoms with E-state index in [-0.39, 0.29) is 6.04 Å². The average molecular weight is 471 g/mol. The van der Waals surface area contributed by atoms with E-state index < -0.39 is 0 Å². The average Bonchev–Trinajstić information content (AvgIpc) is 3.07. The Labute approximate surface area is 199 Å².